The van der Waals surface area contributed by atoms with Crippen LogP contribution in [0.15, 0.2) is 0 Å². The summed E-state index contributed by atoms with van der Waals surface area (Å²) in [5.41, 5.74) is 0.396. The van der Waals surface area contributed by atoms with Gasteiger partial charge in [0.1, 0.15) is 0 Å². The van der Waals surface area contributed by atoms with E-state index < -0.39 is 11.4 Å². The summed E-state index contributed by atoms with van der Waals surface area (Å²) in [5.74, 6) is 2.89. The molecule has 4 saturated carbocycles. The van der Waals surface area contributed by atoms with E-state index in [0.29, 0.717) is 12.1 Å². The Bertz CT molecular complexity index is 299. The largest absolute Gasteiger partial charge is 0.311 e. The monoisotopic (exact) mass is 273 g/mol. The molecule has 4 fully saturated rings. The first kappa shape index (κ1) is 13.0. The van der Waals surface area contributed by atoms with Crippen LogP contribution in [0.4, 0.5) is 0 Å². The predicted octanol–water partition coefficient (Wildman–Crippen LogP) is 2.09. The molecule has 0 aliphatic heterocycles. The summed E-state index contributed by atoms with van der Waals surface area (Å²) in [6.45, 7) is 1.27. The first-order valence-electron chi connectivity index (χ1n) is 7.14. The minimum atomic E-state index is -2.11. The predicted molar refractivity (Wildman–Crippen MR) is 70.2 cm³/mol. The number of hydrogen-bond acceptors (Lipinski definition) is 3. The quantitative estimate of drug-likeness (QED) is 0.575. The van der Waals surface area contributed by atoms with Gasteiger partial charge in [-0.3, -0.25) is 8.74 Å². The highest BCUT2D eigenvalue weighted by Crippen LogP contribution is 2.55. The first-order valence-corrected chi connectivity index (χ1v) is 8.17. The topological polar surface area (TPSA) is 58.6 Å². The molecule has 5 heteroatoms. The van der Waals surface area contributed by atoms with Crippen molar-refractivity contribution >= 4 is 11.4 Å². The Labute approximate surface area is 111 Å². The molecule has 0 spiro atoms. The molecule has 4 aliphatic rings. The first-order chi connectivity index (χ1) is 8.65. The second-order valence-electron chi connectivity index (χ2n) is 6.52. The van der Waals surface area contributed by atoms with E-state index in [1.165, 1.54) is 38.5 Å². The molecule has 4 aliphatic carbocycles. The van der Waals surface area contributed by atoms with Gasteiger partial charge in [0.2, 0.25) is 0 Å². The van der Waals surface area contributed by atoms with Gasteiger partial charge in [0.15, 0.2) is 0 Å². The molecule has 0 aromatic rings. The van der Waals surface area contributed by atoms with E-state index in [1.54, 1.807) is 0 Å². The van der Waals surface area contributed by atoms with Crippen molar-refractivity contribution in [1.82, 2.24) is 5.32 Å². The molecule has 0 heterocycles. The van der Waals surface area contributed by atoms with Crippen molar-refractivity contribution in [1.29, 1.82) is 0 Å². The number of hydrogen-bond donors (Lipinski definition) is 2. The van der Waals surface area contributed by atoms with E-state index in [-0.39, 0.29) is 0 Å². The van der Waals surface area contributed by atoms with Crippen LogP contribution in [0.5, 0.6) is 0 Å². The summed E-state index contributed by atoms with van der Waals surface area (Å²) in [4.78, 5) is 0. The van der Waals surface area contributed by atoms with Crippen LogP contribution < -0.4 is 5.32 Å². The highest BCUT2D eigenvalue weighted by Gasteiger charge is 2.50. The highest BCUT2D eigenvalue weighted by atomic mass is 32.2. The Hall–Kier alpha value is 0.0300. The molecule has 4 rings (SSSR count). The molecule has 18 heavy (non-hydrogen) atoms. The van der Waals surface area contributed by atoms with E-state index in [9.17, 15) is 4.21 Å². The Balaban J connectivity index is 1.46. The van der Waals surface area contributed by atoms with Crippen molar-refractivity contribution in [3.05, 3.63) is 0 Å². The maximum atomic E-state index is 10.4. The van der Waals surface area contributed by atoms with Crippen LogP contribution in [0.1, 0.15) is 44.9 Å². The Kier molecular flexibility index (Phi) is 3.76. The van der Waals surface area contributed by atoms with Crippen molar-refractivity contribution in [3.63, 3.8) is 0 Å². The lowest BCUT2D eigenvalue weighted by Crippen LogP contribution is -2.58. The van der Waals surface area contributed by atoms with Crippen molar-refractivity contribution < 1.29 is 12.9 Å². The van der Waals surface area contributed by atoms with Gasteiger partial charge in [0, 0.05) is 5.54 Å². The zero-order valence-corrected chi connectivity index (χ0v) is 11.6. The lowest BCUT2D eigenvalue weighted by molar-refractivity contribution is -0.0198. The average molecular weight is 273 g/mol. The van der Waals surface area contributed by atoms with Gasteiger partial charge >= 0.3 is 11.4 Å². The molecule has 2 N–H and O–H groups in total. The van der Waals surface area contributed by atoms with Gasteiger partial charge in [-0.1, -0.05) is 0 Å². The molecular formula is C13H23NO3S. The number of nitrogens with one attached hydrogen (secondary N) is 1. The zero-order valence-electron chi connectivity index (χ0n) is 10.8. The van der Waals surface area contributed by atoms with Crippen LogP contribution in [0.3, 0.4) is 0 Å². The van der Waals surface area contributed by atoms with Crippen LogP contribution in [0.2, 0.25) is 0 Å². The minimum Gasteiger partial charge on any atom is -0.311 e. The van der Waals surface area contributed by atoms with E-state index in [4.69, 9.17) is 4.55 Å². The molecule has 104 valence electrons. The van der Waals surface area contributed by atoms with Crippen molar-refractivity contribution in [2.24, 2.45) is 17.8 Å². The number of rotatable bonds is 6. The highest BCUT2D eigenvalue weighted by molar-refractivity contribution is 7.74. The molecule has 1 unspecified atom stereocenters. The third-order valence-corrected chi connectivity index (χ3v) is 5.41. The van der Waals surface area contributed by atoms with Gasteiger partial charge in [-0.25, -0.2) is 0 Å². The maximum Gasteiger partial charge on any atom is 0.301 e. The van der Waals surface area contributed by atoms with Crippen molar-refractivity contribution in [2.75, 3.05) is 13.2 Å². The third-order valence-electron chi connectivity index (χ3n) is 5.04. The molecule has 4 nitrogen and oxygen atoms in total. The van der Waals surface area contributed by atoms with Gasteiger partial charge in [0.05, 0.1) is 6.61 Å². The average Bonchev–Trinajstić information content (AvgIpc) is 2.25. The molecule has 0 amide bonds. The molecule has 0 aromatic heterocycles. The minimum absolute atomic E-state index is 0.364. The fourth-order valence-electron chi connectivity index (χ4n) is 4.88. The Morgan fingerprint density at radius 1 is 1.17 bits per heavy atom. The Morgan fingerprint density at radius 2 is 1.72 bits per heavy atom. The third kappa shape index (κ3) is 2.79. The maximum absolute atomic E-state index is 10.4. The second-order valence-corrected chi connectivity index (χ2v) is 7.19. The Morgan fingerprint density at radius 3 is 2.22 bits per heavy atom. The van der Waals surface area contributed by atoms with Crippen LogP contribution >= 0.6 is 0 Å². The second kappa shape index (κ2) is 5.19. The van der Waals surface area contributed by atoms with E-state index in [2.05, 4.69) is 9.50 Å². The van der Waals surface area contributed by atoms with Crippen LogP contribution in [0, 0.1) is 17.8 Å². The van der Waals surface area contributed by atoms with Crippen molar-refractivity contribution in [3.8, 4) is 0 Å². The van der Waals surface area contributed by atoms with E-state index in [1.807, 2.05) is 0 Å². The van der Waals surface area contributed by atoms with Crippen LogP contribution in [0.25, 0.3) is 0 Å². The fraction of sp³-hybridized carbons (Fsp3) is 1.00. The summed E-state index contributed by atoms with van der Waals surface area (Å²) in [6.07, 6.45) is 9.27. The molecule has 4 bridgehead atoms. The standard InChI is InChI=1S/C13H23NO3S/c15-18(16)17-3-1-2-14-13-7-10-4-11(8-13)6-12(5-10)9-13/h10-12,14H,1-9H2,(H,15,16). The molecule has 1 atom stereocenters. The lowest BCUT2D eigenvalue weighted by atomic mass is 9.53. The molecule has 0 radical (unpaired) electrons. The zero-order chi connectivity index (χ0) is 12.6. The summed E-state index contributed by atoms with van der Waals surface area (Å²) < 4.78 is 23.5. The van der Waals surface area contributed by atoms with Gasteiger partial charge in [0.25, 0.3) is 0 Å². The molecule has 0 aromatic carbocycles. The lowest BCUT2D eigenvalue weighted by Gasteiger charge is -2.57. The van der Waals surface area contributed by atoms with E-state index in [0.717, 1.165) is 30.7 Å². The normalized spacial score (nSPS) is 43.3. The van der Waals surface area contributed by atoms with Gasteiger partial charge in [-0.05, 0) is 69.2 Å². The van der Waals surface area contributed by atoms with Gasteiger partial charge in [-0.15, -0.1) is 0 Å². The molecule has 0 saturated heterocycles. The SMILES string of the molecule is O=S(O)OCCCNC12CC3CC(CC(C3)C1)C2. The van der Waals surface area contributed by atoms with Gasteiger partial charge in [-0.2, -0.15) is 4.21 Å². The van der Waals surface area contributed by atoms with Gasteiger partial charge < -0.3 is 5.32 Å². The van der Waals surface area contributed by atoms with E-state index >= 15 is 0 Å². The summed E-state index contributed by atoms with van der Waals surface area (Å²) in [7, 11) is 0. The summed E-state index contributed by atoms with van der Waals surface area (Å²) in [5, 5.41) is 3.74. The molecular weight excluding hydrogens is 250 g/mol. The fourth-order valence-corrected chi connectivity index (χ4v) is 5.14. The van der Waals surface area contributed by atoms with Crippen LogP contribution in [-0.4, -0.2) is 27.5 Å². The summed E-state index contributed by atoms with van der Waals surface area (Å²) in [6, 6.07) is 0. The summed E-state index contributed by atoms with van der Waals surface area (Å²) >= 11 is -2.11. The smallest absolute Gasteiger partial charge is 0.301 e. The van der Waals surface area contributed by atoms with Crippen LogP contribution in [-0.2, 0) is 15.5 Å². The van der Waals surface area contributed by atoms with Crippen molar-refractivity contribution in [2.45, 2.75) is 50.5 Å².